The molecule has 0 bridgehead atoms. The van der Waals surface area contributed by atoms with E-state index in [9.17, 15) is 26.4 Å². The number of nitrogens with zero attached hydrogens (tertiary/aromatic N) is 3. The molecule has 0 spiro atoms. The number of benzene rings is 2. The molecule has 2 aromatic heterocycles. The number of ether oxygens (including phenoxy) is 1. The Kier molecular flexibility index (Phi) is 12.7. The number of rotatable bonds is 16. The maximum atomic E-state index is 13.6. The van der Waals surface area contributed by atoms with Crippen LogP contribution in [0.1, 0.15) is 35.0 Å². The number of thioether (sulfide) groups is 1. The Labute approximate surface area is 303 Å². The summed E-state index contributed by atoms with van der Waals surface area (Å²) < 4.78 is 58.5. The molecule has 1 aliphatic rings. The summed E-state index contributed by atoms with van der Waals surface area (Å²) in [6.45, 7) is 7.29. The van der Waals surface area contributed by atoms with Crippen molar-refractivity contribution in [2.24, 2.45) is 0 Å². The van der Waals surface area contributed by atoms with Gasteiger partial charge in [-0.05, 0) is 42.7 Å². The fourth-order valence-corrected chi connectivity index (χ4v) is 8.78. The van der Waals surface area contributed by atoms with E-state index >= 15 is 0 Å². The molecule has 1 saturated heterocycles. The molecule has 1 atom stereocenters. The molecule has 274 valence electrons. The van der Waals surface area contributed by atoms with Gasteiger partial charge in [0.25, 0.3) is 15.9 Å². The van der Waals surface area contributed by atoms with Gasteiger partial charge in [0.15, 0.2) is 5.03 Å². The first-order valence-corrected chi connectivity index (χ1v) is 21.2. The van der Waals surface area contributed by atoms with Crippen LogP contribution < -0.4 is 14.8 Å². The standard InChI is InChI=1S/C35H44N6O7S3/c1-25-9-7-12-36-35(25)51(46,47)39-31-21-29(48-17-8-18-50(3,44)45)19-28-20-32(38-33(28)31)34(43)37-22-30(49-24-27-10-5-4-6-11-27)23-40-13-15-41(16-14-40)26(2)42/h4-7,9-12,19-21,30,38-39H,8,13-18,22-24H2,1-3H3,(H,37,43). The molecule has 0 saturated carbocycles. The number of hydrogen-bond acceptors (Lipinski definition) is 10. The van der Waals surface area contributed by atoms with Crippen LogP contribution in [0.15, 0.2) is 71.9 Å². The second kappa shape index (κ2) is 16.9. The summed E-state index contributed by atoms with van der Waals surface area (Å²) in [5.74, 6) is 0.737. The van der Waals surface area contributed by atoms with Gasteiger partial charge in [0.1, 0.15) is 21.3 Å². The maximum absolute atomic E-state index is 13.6. The quantitative estimate of drug-likeness (QED) is 0.143. The fourth-order valence-electron chi connectivity index (χ4n) is 5.76. The van der Waals surface area contributed by atoms with Gasteiger partial charge in [-0.15, -0.1) is 0 Å². The van der Waals surface area contributed by atoms with Crippen molar-refractivity contribution in [1.82, 2.24) is 25.1 Å². The van der Waals surface area contributed by atoms with Gasteiger partial charge in [0, 0.05) is 81.1 Å². The van der Waals surface area contributed by atoms with E-state index in [1.807, 2.05) is 23.1 Å². The van der Waals surface area contributed by atoms with E-state index in [1.54, 1.807) is 49.9 Å². The zero-order chi connectivity index (χ0) is 36.6. The molecule has 1 aliphatic heterocycles. The minimum atomic E-state index is -4.13. The lowest BCUT2D eigenvalue weighted by Gasteiger charge is -2.36. The molecule has 3 heterocycles. The molecule has 1 unspecified atom stereocenters. The van der Waals surface area contributed by atoms with Crippen molar-refractivity contribution in [3.63, 3.8) is 0 Å². The average molecular weight is 757 g/mol. The Bertz CT molecular complexity index is 2050. The van der Waals surface area contributed by atoms with Crippen molar-refractivity contribution in [2.45, 2.75) is 36.3 Å². The molecule has 13 nitrogen and oxygen atoms in total. The van der Waals surface area contributed by atoms with Crippen LogP contribution in [0.3, 0.4) is 0 Å². The molecule has 0 radical (unpaired) electrons. The van der Waals surface area contributed by atoms with Gasteiger partial charge >= 0.3 is 0 Å². The summed E-state index contributed by atoms with van der Waals surface area (Å²) >= 11 is 1.75. The Balaban J connectivity index is 1.35. The highest BCUT2D eigenvalue weighted by atomic mass is 32.2. The molecule has 3 N–H and O–H groups in total. The van der Waals surface area contributed by atoms with Crippen molar-refractivity contribution in [2.75, 3.05) is 62.6 Å². The van der Waals surface area contributed by atoms with Crippen molar-refractivity contribution in [3.05, 3.63) is 83.7 Å². The van der Waals surface area contributed by atoms with Gasteiger partial charge in [0.2, 0.25) is 5.91 Å². The second-order valence-corrected chi connectivity index (χ2v) is 17.8. The first-order chi connectivity index (χ1) is 24.3. The lowest BCUT2D eigenvalue weighted by atomic mass is 10.2. The van der Waals surface area contributed by atoms with E-state index < -0.39 is 19.9 Å². The average Bonchev–Trinajstić information content (AvgIpc) is 3.53. The minimum absolute atomic E-state index is 0.0540. The molecule has 16 heteroatoms. The number of carbonyl (C=O) groups excluding carboxylic acids is 2. The number of carbonyl (C=O) groups is 2. The number of sulfonamides is 1. The van der Waals surface area contributed by atoms with Crippen LogP contribution in [0, 0.1) is 6.92 Å². The van der Waals surface area contributed by atoms with Gasteiger partial charge in [-0.2, -0.15) is 20.2 Å². The molecule has 2 amide bonds. The number of amides is 2. The van der Waals surface area contributed by atoms with Gasteiger partial charge < -0.3 is 19.9 Å². The maximum Gasteiger partial charge on any atom is 0.279 e. The highest BCUT2D eigenvalue weighted by molar-refractivity contribution is 7.99. The van der Waals surface area contributed by atoms with E-state index in [-0.39, 0.29) is 52.3 Å². The molecular weight excluding hydrogens is 713 g/mol. The lowest BCUT2D eigenvalue weighted by Crippen LogP contribution is -2.50. The SMILES string of the molecule is CC(=O)N1CCN(CC(CNC(=O)c2cc3cc(OCCCS(C)(=O)=O)cc(NS(=O)(=O)c4ncccc4C)c3[nH]2)SCc2ccccc2)CC1. The largest absolute Gasteiger partial charge is 0.493 e. The van der Waals surface area contributed by atoms with Gasteiger partial charge in [-0.25, -0.2) is 13.4 Å². The highest BCUT2D eigenvalue weighted by Gasteiger charge is 2.24. The number of piperazine rings is 1. The number of pyridine rings is 1. The monoisotopic (exact) mass is 756 g/mol. The van der Waals surface area contributed by atoms with Gasteiger partial charge in [0.05, 0.1) is 23.6 Å². The lowest BCUT2D eigenvalue weighted by molar-refractivity contribution is -0.130. The van der Waals surface area contributed by atoms with E-state index in [1.165, 1.54) is 17.8 Å². The number of aromatic nitrogens is 2. The zero-order valence-corrected chi connectivity index (χ0v) is 31.4. The van der Waals surface area contributed by atoms with E-state index in [0.717, 1.165) is 31.6 Å². The second-order valence-electron chi connectivity index (χ2n) is 12.6. The molecule has 0 aliphatic carbocycles. The third-order valence-electron chi connectivity index (χ3n) is 8.43. The highest BCUT2D eigenvalue weighted by Crippen LogP contribution is 2.32. The van der Waals surface area contributed by atoms with E-state index in [2.05, 4.69) is 37.0 Å². The van der Waals surface area contributed by atoms with Crippen molar-refractivity contribution in [3.8, 4) is 5.75 Å². The minimum Gasteiger partial charge on any atom is -0.493 e. The number of sulfone groups is 1. The Morgan fingerprint density at radius 2 is 1.76 bits per heavy atom. The first kappa shape index (κ1) is 38.1. The topological polar surface area (TPSA) is 171 Å². The summed E-state index contributed by atoms with van der Waals surface area (Å²) in [6, 6.07) is 18.2. The van der Waals surface area contributed by atoms with E-state index in [0.29, 0.717) is 41.9 Å². The Morgan fingerprint density at radius 3 is 2.45 bits per heavy atom. The zero-order valence-electron chi connectivity index (χ0n) is 28.9. The van der Waals surface area contributed by atoms with Crippen LogP contribution in [0.2, 0.25) is 0 Å². The van der Waals surface area contributed by atoms with Crippen LogP contribution >= 0.6 is 11.8 Å². The van der Waals surface area contributed by atoms with Gasteiger partial charge in [-0.1, -0.05) is 36.4 Å². The number of fused-ring (bicyclic) bond motifs is 1. The molecule has 1 fully saturated rings. The number of anilines is 1. The predicted octanol–water partition coefficient (Wildman–Crippen LogP) is 3.68. The van der Waals surface area contributed by atoms with Crippen molar-refractivity contribution >= 4 is 60.0 Å². The third-order valence-corrected chi connectivity index (χ3v) is 12.2. The molecular formula is C35H44N6O7S3. The summed E-state index contributed by atoms with van der Waals surface area (Å²) in [7, 11) is -7.30. The summed E-state index contributed by atoms with van der Waals surface area (Å²) in [6.07, 6.45) is 2.80. The summed E-state index contributed by atoms with van der Waals surface area (Å²) in [4.78, 5) is 36.8. The molecule has 51 heavy (non-hydrogen) atoms. The Morgan fingerprint density at radius 1 is 1.02 bits per heavy atom. The number of aromatic amines is 1. The van der Waals surface area contributed by atoms with Crippen molar-refractivity contribution < 1.29 is 31.2 Å². The van der Waals surface area contributed by atoms with E-state index in [4.69, 9.17) is 4.74 Å². The van der Waals surface area contributed by atoms with Crippen LogP contribution in [0.4, 0.5) is 5.69 Å². The van der Waals surface area contributed by atoms with Gasteiger partial charge in [-0.3, -0.25) is 19.2 Å². The van der Waals surface area contributed by atoms with Crippen LogP contribution in [-0.2, 0) is 30.4 Å². The fraction of sp³-hybridized carbons (Fsp3) is 0.400. The Hall–Kier alpha value is -4.12. The molecule has 5 rings (SSSR count). The summed E-state index contributed by atoms with van der Waals surface area (Å²) in [5.41, 5.74) is 2.40. The first-order valence-electron chi connectivity index (χ1n) is 16.6. The smallest absolute Gasteiger partial charge is 0.279 e. The predicted molar refractivity (Wildman–Crippen MR) is 200 cm³/mol. The normalized spacial score (nSPS) is 14.7. The third kappa shape index (κ3) is 10.9. The number of aryl methyl sites for hydroxylation is 1. The number of hydrogen-bond donors (Lipinski definition) is 3. The number of nitrogens with one attached hydrogen (secondary N) is 3. The molecule has 2 aromatic carbocycles. The molecule has 4 aromatic rings. The van der Waals surface area contributed by atoms with Crippen molar-refractivity contribution in [1.29, 1.82) is 0 Å². The van der Waals surface area contributed by atoms with Crippen LogP contribution in [0.5, 0.6) is 5.75 Å². The van der Waals surface area contributed by atoms with Crippen LogP contribution in [0.25, 0.3) is 10.9 Å². The number of H-pyrrole nitrogens is 1. The summed E-state index contributed by atoms with van der Waals surface area (Å²) in [5, 5.41) is 3.51. The van der Waals surface area contributed by atoms with Crippen LogP contribution in [-0.4, -0.2) is 112 Å².